The van der Waals surface area contributed by atoms with E-state index in [-0.39, 0.29) is 0 Å². The van der Waals surface area contributed by atoms with Crippen LogP contribution in [0.5, 0.6) is 0 Å². The van der Waals surface area contributed by atoms with E-state index in [1.165, 1.54) is 6.11 Å². The molecule has 0 saturated heterocycles. The molecule has 0 aliphatic heterocycles. The maximum atomic E-state index is 6.33. The van der Waals surface area contributed by atoms with Crippen LogP contribution in [-0.4, -0.2) is 13.4 Å². The molecule has 2 heteroatoms. The van der Waals surface area contributed by atoms with E-state index in [2.05, 4.69) is 0 Å². The fourth-order valence-corrected chi connectivity index (χ4v) is 0. The van der Waals surface area contributed by atoms with Crippen LogP contribution in [0.2, 0.25) is 6.82 Å². The Bertz CT molecular complexity index is 20.0. The maximum absolute atomic E-state index is 6.33. The molecule has 4 heavy (non-hydrogen) atoms. The van der Waals surface area contributed by atoms with E-state index in [0.717, 1.165) is 7.28 Å². The van der Waals surface area contributed by atoms with Gasteiger partial charge >= 0.3 is 0 Å². The third-order valence-electron chi connectivity index (χ3n) is 0.204. The second-order valence-corrected chi connectivity index (χ2v) is 0.612. The van der Waals surface area contributed by atoms with E-state index in [1.54, 1.807) is 0 Å². The lowest BCUT2D eigenvalue weighted by atomic mass is 9.86. The normalized spacial score (nSPS) is 5.25. The van der Waals surface area contributed by atoms with Gasteiger partial charge < -0.3 is 5.41 Å². The molecule has 0 fully saturated rings. The van der Waals surface area contributed by atoms with E-state index >= 15 is 0 Å². The van der Waals surface area contributed by atoms with Gasteiger partial charge in [-0.3, -0.25) is 0 Å². The Kier molecular flexibility index (Phi) is 2.55. The van der Waals surface area contributed by atoms with Crippen molar-refractivity contribution in [1.29, 1.82) is 5.41 Å². The summed E-state index contributed by atoms with van der Waals surface area (Å²) < 4.78 is 0. The van der Waals surface area contributed by atoms with Gasteiger partial charge in [-0.1, -0.05) is 6.82 Å². The average molecular weight is 54.9 g/mol. The lowest BCUT2D eigenvalue weighted by Crippen LogP contribution is -1.74. The molecule has 0 rings (SSSR count). The Balaban J connectivity index is 2.30. The lowest BCUT2D eigenvalue weighted by molar-refractivity contribution is 1.60. The standard InChI is InChI=1S/C2H6BN/c1-3-2-4/h2-4H,1H3. The van der Waals surface area contributed by atoms with Gasteiger partial charge in [-0.2, -0.15) is 0 Å². The van der Waals surface area contributed by atoms with Gasteiger partial charge in [0.2, 0.25) is 0 Å². The minimum absolute atomic E-state index is 0.861. The second kappa shape index (κ2) is 2.73. The van der Waals surface area contributed by atoms with Gasteiger partial charge in [0, 0.05) is 0 Å². The summed E-state index contributed by atoms with van der Waals surface area (Å²) >= 11 is 0. The molecule has 0 aliphatic rings. The van der Waals surface area contributed by atoms with E-state index < -0.39 is 0 Å². The minimum Gasteiger partial charge on any atom is -0.323 e. The van der Waals surface area contributed by atoms with Crippen molar-refractivity contribution in [3.63, 3.8) is 0 Å². The zero-order chi connectivity index (χ0) is 3.41. The Labute approximate surface area is 26.8 Å². The van der Waals surface area contributed by atoms with Crippen LogP contribution in [0.1, 0.15) is 0 Å². The van der Waals surface area contributed by atoms with Gasteiger partial charge in [0.25, 0.3) is 0 Å². The van der Waals surface area contributed by atoms with Crippen LogP contribution in [0.25, 0.3) is 0 Å². The summed E-state index contributed by atoms with van der Waals surface area (Å²) in [4.78, 5) is 0. The molecule has 0 aliphatic carbocycles. The first-order valence-electron chi connectivity index (χ1n) is 1.40. The van der Waals surface area contributed by atoms with Gasteiger partial charge in [-0.15, -0.1) is 0 Å². The predicted molar refractivity (Wildman–Crippen MR) is 21.8 cm³/mol. The van der Waals surface area contributed by atoms with Crippen molar-refractivity contribution in [1.82, 2.24) is 0 Å². The van der Waals surface area contributed by atoms with Crippen LogP contribution in [-0.2, 0) is 0 Å². The molecule has 0 unspecified atom stereocenters. The molecule has 0 aromatic rings. The van der Waals surface area contributed by atoms with Crippen LogP contribution in [0.3, 0.4) is 0 Å². The highest BCUT2D eigenvalue weighted by atomic mass is 14.3. The predicted octanol–water partition coefficient (Wildman–Crippen LogP) is 0.0781. The molecule has 0 aromatic carbocycles. The van der Waals surface area contributed by atoms with Crippen molar-refractivity contribution in [3.8, 4) is 0 Å². The van der Waals surface area contributed by atoms with Crippen LogP contribution in [0, 0.1) is 5.41 Å². The third-order valence-corrected chi connectivity index (χ3v) is 0.204. The van der Waals surface area contributed by atoms with Gasteiger partial charge in [-0.25, -0.2) is 0 Å². The highest BCUT2D eigenvalue weighted by Gasteiger charge is 1.54. The quantitative estimate of drug-likeness (QED) is 0.324. The van der Waals surface area contributed by atoms with E-state index in [0.29, 0.717) is 0 Å². The summed E-state index contributed by atoms with van der Waals surface area (Å²) in [5.41, 5.74) is 0. The van der Waals surface area contributed by atoms with Crippen LogP contribution in [0.4, 0.5) is 0 Å². The SMILES string of the molecule is CBC=N. The van der Waals surface area contributed by atoms with E-state index in [4.69, 9.17) is 5.41 Å². The van der Waals surface area contributed by atoms with Gasteiger partial charge in [-0.05, 0) is 6.11 Å². The summed E-state index contributed by atoms with van der Waals surface area (Å²) in [6.45, 7) is 1.94. The summed E-state index contributed by atoms with van der Waals surface area (Å²) in [6.07, 6.45) is 1.38. The topological polar surface area (TPSA) is 23.9 Å². The summed E-state index contributed by atoms with van der Waals surface area (Å²) in [5.74, 6) is 0. The molecular weight excluding hydrogens is 48.8 g/mol. The molecule has 0 aromatic heterocycles. The van der Waals surface area contributed by atoms with E-state index in [1.807, 2.05) is 6.82 Å². The van der Waals surface area contributed by atoms with Crippen LogP contribution >= 0.6 is 0 Å². The fourth-order valence-electron chi connectivity index (χ4n) is 0. The number of hydrogen-bond acceptors (Lipinski definition) is 1. The molecule has 22 valence electrons. The van der Waals surface area contributed by atoms with Crippen molar-refractivity contribution in [2.75, 3.05) is 0 Å². The summed E-state index contributed by atoms with van der Waals surface area (Å²) in [7, 11) is 0.861. The summed E-state index contributed by atoms with van der Waals surface area (Å²) in [5, 5.41) is 6.33. The first-order valence-corrected chi connectivity index (χ1v) is 1.40. The monoisotopic (exact) mass is 55.1 g/mol. The Morgan fingerprint density at radius 1 is 2.00 bits per heavy atom. The van der Waals surface area contributed by atoms with Crippen molar-refractivity contribution in [3.05, 3.63) is 0 Å². The van der Waals surface area contributed by atoms with Crippen molar-refractivity contribution in [2.24, 2.45) is 0 Å². The summed E-state index contributed by atoms with van der Waals surface area (Å²) in [6, 6.07) is 0. The fraction of sp³-hybridized carbons (Fsp3) is 0.500. The van der Waals surface area contributed by atoms with Crippen LogP contribution in [0.15, 0.2) is 0 Å². The zero-order valence-corrected chi connectivity index (χ0v) is 2.78. The van der Waals surface area contributed by atoms with Crippen LogP contribution < -0.4 is 0 Å². The number of hydrogen-bond donors (Lipinski definition) is 1. The molecule has 0 amide bonds. The molecule has 0 bridgehead atoms. The smallest absolute Gasteiger partial charge is 0.168 e. The molecule has 0 saturated carbocycles. The van der Waals surface area contributed by atoms with E-state index in [9.17, 15) is 0 Å². The van der Waals surface area contributed by atoms with Gasteiger partial charge in [0.15, 0.2) is 7.28 Å². The maximum Gasteiger partial charge on any atom is 0.168 e. The molecule has 0 heterocycles. The highest BCUT2D eigenvalue weighted by molar-refractivity contribution is 6.65. The van der Waals surface area contributed by atoms with Gasteiger partial charge in [0.1, 0.15) is 0 Å². The van der Waals surface area contributed by atoms with Crippen molar-refractivity contribution >= 4 is 13.4 Å². The largest absolute Gasteiger partial charge is 0.323 e. The first kappa shape index (κ1) is 3.73. The Hall–Kier alpha value is -0.265. The number of nitrogens with one attached hydrogen (secondary N) is 1. The molecule has 0 spiro atoms. The molecule has 1 nitrogen and oxygen atoms in total. The molecule has 0 atom stereocenters. The Morgan fingerprint density at radius 3 is 2.25 bits per heavy atom. The minimum atomic E-state index is 0.861. The van der Waals surface area contributed by atoms with Crippen molar-refractivity contribution < 1.29 is 0 Å². The molecule has 0 radical (unpaired) electrons. The average Bonchev–Trinajstić information content (AvgIpc) is 1.37. The zero-order valence-electron chi connectivity index (χ0n) is 2.78. The first-order chi connectivity index (χ1) is 1.91. The lowest BCUT2D eigenvalue weighted by Gasteiger charge is -1.50. The third kappa shape index (κ3) is 1.73. The highest BCUT2D eigenvalue weighted by Crippen LogP contribution is 1.34. The molecular formula is C2H6BN. The van der Waals surface area contributed by atoms with Gasteiger partial charge in [0.05, 0.1) is 0 Å². The Morgan fingerprint density at radius 2 is 2.25 bits per heavy atom. The number of rotatable bonds is 1. The second-order valence-electron chi connectivity index (χ2n) is 0.612. The molecule has 1 N–H and O–H groups in total. The van der Waals surface area contributed by atoms with Crippen molar-refractivity contribution in [2.45, 2.75) is 6.82 Å².